The summed E-state index contributed by atoms with van der Waals surface area (Å²) in [5.74, 6) is -0.805. The Morgan fingerprint density at radius 1 is 1.55 bits per heavy atom. The molecule has 1 atom stereocenters. The molecule has 1 aromatic rings. The predicted octanol–water partition coefficient (Wildman–Crippen LogP) is 2.33. The van der Waals surface area contributed by atoms with Gasteiger partial charge in [0, 0.05) is 24.3 Å². The molecule has 2 rings (SSSR count). The van der Waals surface area contributed by atoms with Crippen LogP contribution in [0.1, 0.15) is 48.6 Å². The first-order chi connectivity index (χ1) is 9.40. The zero-order chi connectivity index (χ0) is 14.8. The summed E-state index contributed by atoms with van der Waals surface area (Å²) in [6.07, 6.45) is 3.75. The molecule has 1 fully saturated rings. The van der Waals surface area contributed by atoms with Crippen LogP contribution in [0.2, 0.25) is 0 Å². The Bertz CT molecular complexity index is 510. The number of aromatic nitrogens is 1. The largest absolute Gasteiger partial charge is 0.476 e. The van der Waals surface area contributed by atoms with Crippen LogP contribution >= 0.6 is 11.3 Å². The van der Waals surface area contributed by atoms with Crippen LogP contribution in [0.25, 0.3) is 0 Å². The molecule has 110 valence electrons. The van der Waals surface area contributed by atoms with Crippen LogP contribution in [0.5, 0.6) is 0 Å². The standard InChI is InChI=1S/C14H20N2O3S/c1-14(2)6-3-4-9(14)12(17)15-7-5-11-16-10(8-20-11)13(18)19/h8-9H,3-7H2,1-2H3,(H,15,17)(H,18,19). The van der Waals surface area contributed by atoms with E-state index in [-0.39, 0.29) is 22.9 Å². The molecule has 0 radical (unpaired) electrons. The lowest BCUT2D eigenvalue weighted by Crippen LogP contribution is -2.37. The average Bonchev–Trinajstić information content (AvgIpc) is 2.95. The molecule has 1 aromatic heterocycles. The van der Waals surface area contributed by atoms with Crippen molar-refractivity contribution in [2.45, 2.75) is 39.5 Å². The van der Waals surface area contributed by atoms with Crippen molar-refractivity contribution in [3.8, 4) is 0 Å². The molecule has 0 bridgehead atoms. The normalized spacial score (nSPS) is 20.8. The van der Waals surface area contributed by atoms with E-state index >= 15 is 0 Å². The summed E-state index contributed by atoms with van der Waals surface area (Å²) in [6.45, 7) is 4.80. The lowest BCUT2D eigenvalue weighted by molar-refractivity contribution is -0.127. The van der Waals surface area contributed by atoms with Crippen molar-refractivity contribution in [1.29, 1.82) is 0 Å². The van der Waals surface area contributed by atoms with Gasteiger partial charge in [0.25, 0.3) is 0 Å². The van der Waals surface area contributed by atoms with E-state index in [0.717, 1.165) is 24.3 Å². The second-order valence-electron chi connectivity index (χ2n) is 5.91. The van der Waals surface area contributed by atoms with E-state index in [1.807, 2.05) is 0 Å². The maximum atomic E-state index is 12.1. The van der Waals surface area contributed by atoms with E-state index < -0.39 is 5.97 Å². The van der Waals surface area contributed by atoms with Gasteiger partial charge in [0.2, 0.25) is 5.91 Å². The third-order valence-corrected chi connectivity index (χ3v) is 4.89. The van der Waals surface area contributed by atoms with Crippen LogP contribution in [-0.2, 0) is 11.2 Å². The first-order valence-corrected chi connectivity index (χ1v) is 7.73. The van der Waals surface area contributed by atoms with Crippen molar-refractivity contribution >= 4 is 23.2 Å². The fourth-order valence-corrected chi connectivity index (χ4v) is 3.52. The minimum Gasteiger partial charge on any atom is -0.476 e. The molecule has 2 N–H and O–H groups in total. The molecular formula is C14H20N2O3S. The maximum Gasteiger partial charge on any atom is 0.355 e. The minimum atomic E-state index is -1.01. The Morgan fingerprint density at radius 3 is 2.85 bits per heavy atom. The van der Waals surface area contributed by atoms with Gasteiger partial charge < -0.3 is 10.4 Å². The summed E-state index contributed by atoms with van der Waals surface area (Å²) in [4.78, 5) is 26.9. The molecule has 0 spiro atoms. The Balaban J connectivity index is 1.80. The maximum absolute atomic E-state index is 12.1. The van der Waals surface area contributed by atoms with Crippen LogP contribution in [0.4, 0.5) is 0 Å². The Labute approximate surface area is 122 Å². The number of carbonyl (C=O) groups is 2. The van der Waals surface area contributed by atoms with E-state index in [9.17, 15) is 9.59 Å². The second kappa shape index (κ2) is 5.91. The number of aromatic carboxylic acids is 1. The molecule has 0 aliphatic heterocycles. The summed E-state index contributed by atoms with van der Waals surface area (Å²) in [6, 6.07) is 0. The topological polar surface area (TPSA) is 79.3 Å². The Kier molecular flexibility index (Phi) is 4.42. The summed E-state index contributed by atoms with van der Waals surface area (Å²) >= 11 is 1.32. The van der Waals surface area contributed by atoms with Gasteiger partial charge in [0.15, 0.2) is 5.69 Å². The number of carboxylic acids is 1. The highest BCUT2D eigenvalue weighted by Crippen LogP contribution is 2.42. The molecule has 5 nitrogen and oxygen atoms in total. The summed E-state index contributed by atoms with van der Waals surface area (Å²) < 4.78 is 0. The highest BCUT2D eigenvalue weighted by molar-refractivity contribution is 7.09. The number of carbonyl (C=O) groups excluding carboxylic acids is 1. The number of nitrogens with one attached hydrogen (secondary N) is 1. The van der Waals surface area contributed by atoms with E-state index in [0.29, 0.717) is 13.0 Å². The summed E-state index contributed by atoms with van der Waals surface area (Å²) in [7, 11) is 0. The van der Waals surface area contributed by atoms with Crippen LogP contribution in [0, 0.1) is 11.3 Å². The monoisotopic (exact) mass is 296 g/mol. The zero-order valence-corrected chi connectivity index (χ0v) is 12.6. The molecule has 1 aliphatic rings. The van der Waals surface area contributed by atoms with Crippen molar-refractivity contribution in [2.24, 2.45) is 11.3 Å². The molecular weight excluding hydrogens is 276 g/mol. The number of thiazole rings is 1. The first kappa shape index (κ1) is 15.0. The van der Waals surface area contributed by atoms with Crippen LogP contribution in [0.15, 0.2) is 5.38 Å². The van der Waals surface area contributed by atoms with Crippen LogP contribution in [-0.4, -0.2) is 28.5 Å². The fourth-order valence-electron chi connectivity index (χ4n) is 2.75. The summed E-state index contributed by atoms with van der Waals surface area (Å²) in [5, 5.41) is 14.0. The van der Waals surface area contributed by atoms with Crippen molar-refractivity contribution < 1.29 is 14.7 Å². The number of amides is 1. The number of rotatable bonds is 5. The van der Waals surface area contributed by atoms with E-state index in [4.69, 9.17) is 5.11 Å². The number of nitrogens with zero attached hydrogens (tertiary/aromatic N) is 1. The minimum absolute atomic E-state index is 0.0771. The molecule has 0 saturated heterocycles. The summed E-state index contributed by atoms with van der Waals surface area (Å²) in [5.41, 5.74) is 0.162. The molecule has 1 saturated carbocycles. The number of hydrogen-bond donors (Lipinski definition) is 2. The quantitative estimate of drug-likeness (QED) is 0.874. The van der Waals surface area contributed by atoms with Crippen molar-refractivity contribution in [3.63, 3.8) is 0 Å². The van der Waals surface area contributed by atoms with E-state index in [1.54, 1.807) is 0 Å². The van der Waals surface area contributed by atoms with Crippen LogP contribution < -0.4 is 5.32 Å². The van der Waals surface area contributed by atoms with Gasteiger partial charge in [-0.25, -0.2) is 9.78 Å². The van der Waals surface area contributed by atoms with Gasteiger partial charge in [0.1, 0.15) is 0 Å². The molecule has 1 heterocycles. The molecule has 1 amide bonds. The van der Waals surface area contributed by atoms with Crippen molar-refractivity contribution in [2.75, 3.05) is 6.54 Å². The van der Waals surface area contributed by atoms with Gasteiger partial charge in [-0.1, -0.05) is 20.3 Å². The number of hydrogen-bond acceptors (Lipinski definition) is 4. The van der Waals surface area contributed by atoms with Gasteiger partial charge in [-0.05, 0) is 18.3 Å². The molecule has 1 unspecified atom stereocenters. The average molecular weight is 296 g/mol. The van der Waals surface area contributed by atoms with E-state index in [2.05, 4.69) is 24.1 Å². The highest BCUT2D eigenvalue weighted by atomic mass is 32.1. The van der Waals surface area contributed by atoms with Crippen molar-refractivity contribution in [3.05, 3.63) is 16.1 Å². The second-order valence-corrected chi connectivity index (χ2v) is 6.85. The van der Waals surface area contributed by atoms with Gasteiger partial charge in [0.05, 0.1) is 5.01 Å². The van der Waals surface area contributed by atoms with Crippen LogP contribution in [0.3, 0.4) is 0 Å². The lowest BCUT2D eigenvalue weighted by atomic mass is 9.81. The third kappa shape index (κ3) is 3.36. The van der Waals surface area contributed by atoms with Gasteiger partial charge in [-0.3, -0.25) is 4.79 Å². The van der Waals surface area contributed by atoms with Gasteiger partial charge >= 0.3 is 5.97 Å². The lowest BCUT2D eigenvalue weighted by Gasteiger charge is -2.25. The molecule has 0 aromatic carbocycles. The van der Waals surface area contributed by atoms with E-state index in [1.165, 1.54) is 16.7 Å². The smallest absolute Gasteiger partial charge is 0.355 e. The Hall–Kier alpha value is -1.43. The van der Waals surface area contributed by atoms with Gasteiger partial charge in [-0.2, -0.15) is 0 Å². The molecule has 20 heavy (non-hydrogen) atoms. The van der Waals surface area contributed by atoms with Crippen molar-refractivity contribution in [1.82, 2.24) is 10.3 Å². The highest BCUT2D eigenvalue weighted by Gasteiger charge is 2.38. The Morgan fingerprint density at radius 2 is 2.30 bits per heavy atom. The first-order valence-electron chi connectivity index (χ1n) is 6.85. The molecule has 6 heteroatoms. The SMILES string of the molecule is CC1(C)CCCC1C(=O)NCCc1nc(C(=O)O)cs1. The predicted molar refractivity (Wildman–Crippen MR) is 76.9 cm³/mol. The number of carboxylic acid groups (broad SMARTS) is 1. The fraction of sp³-hybridized carbons (Fsp3) is 0.643. The molecule has 1 aliphatic carbocycles. The van der Waals surface area contributed by atoms with Gasteiger partial charge in [-0.15, -0.1) is 11.3 Å². The zero-order valence-electron chi connectivity index (χ0n) is 11.8. The third-order valence-electron chi connectivity index (χ3n) is 3.98.